The van der Waals surface area contributed by atoms with E-state index in [0.29, 0.717) is 15.9 Å². The van der Waals surface area contributed by atoms with Crippen LogP contribution in [0.3, 0.4) is 0 Å². The predicted molar refractivity (Wildman–Crippen MR) is 97.1 cm³/mol. The van der Waals surface area contributed by atoms with Gasteiger partial charge in [-0.05, 0) is 31.2 Å². The first-order chi connectivity index (χ1) is 11.5. The SMILES string of the molecule is CC(Oc1cccc(Cl)c1Cl)C(=O)Nc1nc(-c2ccc[nH]2)cs1. The first-order valence-electron chi connectivity index (χ1n) is 7.05. The fraction of sp³-hybridized carbons (Fsp3) is 0.125. The summed E-state index contributed by atoms with van der Waals surface area (Å²) in [6.45, 7) is 1.63. The molecule has 2 heterocycles. The van der Waals surface area contributed by atoms with E-state index in [1.165, 1.54) is 11.3 Å². The topological polar surface area (TPSA) is 67.0 Å². The Morgan fingerprint density at radius 3 is 2.92 bits per heavy atom. The van der Waals surface area contributed by atoms with Gasteiger partial charge in [0.25, 0.3) is 5.91 Å². The van der Waals surface area contributed by atoms with Gasteiger partial charge in [0.1, 0.15) is 10.8 Å². The third-order valence-electron chi connectivity index (χ3n) is 3.20. The van der Waals surface area contributed by atoms with Crippen LogP contribution in [0.4, 0.5) is 5.13 Å². The summed E-state index contributed by atoms with van der Waals surface area (Å²) in [6.07, 6.45) is 1.07. The van der Waals surface area contributed by atoms with Crippen LogP contribution < -0.4 is 10.1 Å². The van der Waals surface area contributed by atoms with Crippen LogP contribution in [0, 0.1) is 0 Å². The third-order valence-corrected chi connectivity index (χ3v) is 4.76. The monoisotopic (exact) mass is 381 g/mol. The molecule has 1 atom stereocenters. The molecule has 1 aromatic carbocycles. The van der Waals surface area contributed by atoms with Crippen molar-refractivity contribution in [2.45, 2.75) is 13.0 Å². The fourth-order valence-corrected chi connectivity index (χ4v) is 3.02. The molecule has 24 heavy (non-hydrogen) atoms. The van der Waals surface area contributed by atoms with Crippen LogP contribution in [0.2, 0.25) is 10.0 Å². The van der Waals surface area contributed by atoms with Crippen molar-refractivity contribution in [3.8, 4) is 17.1 Å². The molecule has 3 aromatic rings. The molecule has 0 radical (unpaired) electrons. The Morgan fingerprint density at radius 2 is 2.17 bits per heavy atom. The average molecular weight is 382 g/mol. The lowest BCUT2D eigenvalue weighted by Crippen LogP contribution is -2.30. The van der Waals surface area contributed by atoms with Crippen molar-refractivity contribution in [1.82, 2.24) is 9.97 Å². The molecular weight excluding hydrogens is 369 g/mol. The highest BCUT2D eigenvalue weighted by Crippen LogP contribution is 2.32. The molecule has 0 aliphatic carbocycles. The zero-order chi connectivity index (χ0) is 17.1. The van der Waals surface area contributed by atoms with E-state index in [1.807, 2.05) is 23.7 Å². The maximum atomic E-state index is 12.3. The minimum atomic E-state index is -0.751. The molecule has 1 amide bonds. The molecule has 0 saturated heterocycles. The molecule has 0 aliphatic rings. The number of aromatic nitrogens is 2. The standard InChI is InChI=1S/C16H13Cl2N3O2S/c1-9(23-13-6-2-4-10(17)14(13)18)15(22)21-16-20-12(8-24-16)11-5-3-7-19-11/h2-9,19H,1H3,(H,20,21,22). The Labute approximate surface area is 152 Å². The van der Waals surface area contributed by atoms with E-state index in [0.717, 1.165) is 11.4 Å². The third kappa shape index (κ3) is 3.72. The molecule has 1 unspecified atom stereocenters. The maximum absolute atomic E-state index is 12.3. The number of nitrogens with zero attached hydrogens (tertiary/aromatic N) is 1. The maximum Gasteiger partial charge on any atom is 0.266 e. The highest BCUT2D eigenvalue weighted by Gasteiger charge is 2.18. The van der Waals surface area contributed by atoms with Gasteiger partial charge in [-0.2, -0.15) is 0 Å². The number of carbonyl (C=O) groups excluding carboxylic acids is 1. The lowest BCUT2D eigenvalue weighted by Gasteiger charge is -2.15. The molecule has 2 aromatic heterocycles. The number of anilines is 1. The second-order valence-electron chi connectivity index (χ2n) is 4.92. The van der Waals surface area contributed by atoms with Crippen LogP contribution in [0.15, 0.2) is 41.9 Å². The molecule has 2 N–H and O–H groups in total. The first kappa shape index (κ1) is 16.8. The summed E-state index contributed by atoms with van der Waals surface area (Å²) in [7, 11) is 0. The largest absolute Gasteiger partial charge is 0.479 e. The summed E-state index contributed by atoms with van der Waals surface area (Å²) in [6, 6.07) is 8.81. The number of ether oxygens (including phenoxy) is 1. The van der Waals surface area contributed by atoms with Crippen LogP contribution in [-0.4, -0.2) is 22.0 Å². The summed E-state index contributed by atoms with van der Waals surface area (Å²) in [5.41, 5.74) is 1.66. The number of carbonyl (C=O) groups is 1. The minimum absolute atomic E-state index is 0.280. The average Bonchev–Trinajstić information content (AvgIpc) is 3.22. The Balaban J connectivity index is 1.65. The van der Waals surface area contributed by atoms with Gasteiger partial charge in [0.15, 0.2) is 11.2 Å². The van der Waals surface area contributed by atoms with E-state index in [2.05, 4.69) is 15.3 Å². The zero-order valence-corrected chi connectivity index (χ0v) is 14.9. The summed E-state index contributed by atoms with van der Waals surface area (Å²) in [5.74, 6) is 0.0384. The van der Waals surface area contributed by atoms with Gasteiger partial charge in [0.05, 0.1) is 16.4 Å². The van der Waals surface area contributed by atoms with Crippen molar-refractivity contribution in [3.63, 3.8) is 0 Å². The molecule has 0 fully saturated rings. The fourth-order valence-electron chi connectivity index (χ4n) is 1.97. The number of thiazole rings is 1. The van der Waals surface area contributed by atoms with Crippen LogP contribution >= 0.6 is 34.5 Å². The molecule has 8 heteroatoms. The van der Waals surface area contributed by atoms with Gasteiger partial charge in [-0.1, -0.05) is 29.3 Å². The van der Waals surface area contributed by atoms with E-state index < -0.39 is 6.10 Å². The van der Waals surface area contributed by atoms with E-state index >= 15 is 0 Å². The van der Waals surface area contributed by atoms with Gasteiger partial charge in [-0.25, -0.2) is 4.98 Å². The Morgan fingerprint density at radius 1 is 1.33 bits per heavy atom. The number of aromatic amines is 1. The highest BCUT2D eigenvalue weighted by molar-refractivity contribution is 7.14. The zero-order valence-electron chi connectivity index (χ0n) is 12.5. The molecule has 0 bridgehead atoms. The molecule has 0 spiro atoms. The number of hydrogen-bond donors (Lipinski definition) is 2. The smallest absolute Gasteiger partial charge is 0.266 e. The van der Waals surface area contributed by atoms with Crippen LogP contribution in [0.1, 0.15) is 6.92 Å². The van der Waals surface area contributed by atoms with Gasteiger partial charge in [0.2, 0.25) is 0 Å². The van der Waals surface area contributed by atoms with E-state index in [-0.39, 0.29) is 10.9 Å². The lowest BCUT2D eigenvalue weighted by molar-refractivity contribution is -0.122. The second kappa shape index (κ2) is 7.25. The molecular formula is C16H13Cl2N3O2S. The van der Waals surface area contributed by atoms with Crippen molar-refractivity contribution in [2.75, 3.05) is 5.32 Å². The van der Waals surface area contributed by atoms with Gasteiger partial charge in [-0.3, -0.25) is 10.1 Å². The highest BCUT2D eigenvalue weighted by atomic mass is 35.5. The van der Waals surface area contributed by atoms with Crippen LogP contribution in [0.25, 0.3) is 11.4 Å². The van der Waals surface area contributed by atoms with Crippen LogP contribution in [0.5, 0.6) is 5.75 Å². The summed E-state index contributed by atoms with van der Waals surface area (Å²) in [5, 5.41) is 5.74. The van der Waals surface area contributed by atoms with Crippen LogP contribution in [-0.2, 0) is 4.79 Å². The summed E-state index contributed by atoms with van der Waals surface area (Å²) >= 11 is 13.3. The number of rotatable bonds is 5. The van der Waals surface area contributed by atoms with Gasteiger partial charge in [-0.15, -0.1) is 11.3 Å². The van der Waals surface area contributed by atoms with Crippen molar-refractivity contribution in [1.29, 1.82) is 0 Å². The number of benzene rings is 1. The number of halogens is 2. The first-order valence-corrected chi connectivity index (χ1v) is 8.69. The summed E-state index contributed by atoms with van der Waals surface area (Å²) in [4.78, 5) is 19.7. The number of nitrogens with one attached hydrogen (secondary N) is 2. The van der Waals surface area contributed by atoms with E-state index in [4.69, 9.17) is 27.9 Å². The van der Waals surface area contributed by atoms with Crippen molar-refractivity contribution in [2.24, 2.45) is 0 Å². The second-order valence-corrected chi connectivity index (χ2v) is 6.57. The molecule has 5 nitrogen and oxygen atoms in total. The van der Waals surface area contributed by atoms with Crippen molar-refractivity contribution in [3.05, 3.63) is 52.0 Å². The minimum Gasteiger partial charge on any atom is -0.479 e. The predicted octanol–water partition coefficient (Wildman–Crippen LogP) is 4.85. The lowest BCUT2D eigenvalue weighted by atomic mass is 10.3. The van der Waals surface area contributed by atoms with Gasteiger partial charge >= 0.3 is 0 Å². The van der Waals surface area contributed by atoms with Crippen molar-refractivity contribution >= 4 is 45.6 Å². The molecule has 0 aliphatic heterocycles. The molecule has 3 rings (SSSR count). The molecule has 124 valence electrons. The van der Waals surface area contributed by atoms with E-state index in [9.17, 15) is 4.79 Å². The summed E-state index contributed by atoms with van der Waals surface area (Å²) < 4.78 is 5.58. The normalized spacial score (nSPS) is 12.0. The van der Waals surface area contributed by atoms with Gasteiger partial charge < -0.3 is 9.72 Å². The Kier molecular flexibility index (Phi) is 5.08. The number of amides is 1. The number of hydrogen-bond acceptors (Lipinski definition) is 4. The van der Waals surface area contributed by atoms with E-state index in [1.54, 1.807) is 25.1 Å². The molecule has 0 saturated carbocycles. The Hall–Kier alpha value is -2.02. The van der Waals surface area contributed by atoms with Crippen molar-refractivity contribution < 1.29 is 9.53 Å². The van der Waals surface area contributed by atoms with Gasteiger partial charge in [0, 0.05) is 11.6 Å². The Bertz CT molecular complexity index is 849. The number of H-pyrrole nitrogens is 1. The quantitative estimate of drug-likeness (QED) is 0.663.